The van der Waals surface area contributed by atoms with Gasteiger partial charge >= 0.3 is 5.97 Å². The van der Waals surface area contributed by atoms with Crippen molar-refractivity contribution in [1.29, 1.82) is 4.78 Å². The van der Waals surface area contributed by atoms with Gasteiger partial charge in [-0.05, 0) is 65.4 Å². The van der Waals surface area contributed by atoms with Crippen LogP contribution in [0.1, 0.15) is 86.5 Å². The maximum Gasteiger partial charge on any atom is 0.339 e. The number of nitrogens with zero attached hydrogens (tertiary/aromatic N) is 1. The van der Waals surface area contributed by atoms with E-state index >= 15 is 4.79 Å². The van der Waals surface area contributed by atoms with Crippen molar-refractivity contribution in [2.45, 2.75) is 77.1 Å². The van der Waals surface area contributed by atoms with Crippen LogP contribution in [-0.2, 0) is 25.7 Å². The van der Waals surface area contributed by atoms with Gasteiger partial charge in [0.05, 0.1) is 24.3 Å². The molecule has 0 bridgehead atoms. The van der Waals surface area contributed by atoms with E-state index in [1.54, 1.807) is 43.0 Å². The number of methoxy groups -OCH3 is 1. The number of amides is 1. The highest BCUT2D eigenvalue weighted by Gasteiger charge is 2.53. The van der Waals surface area contributed by atoms with Crippen molar-refractivity contribution in [3.63, 3.8) is 0 Å². The zero-order valence-corrected chi connectivity index (χ0v) is 30.5. The minimum absolute atomic E-state index is 0.0107. The maximum absolute atomic E-state index is 15.0. The molecule has 0 aliphatic carbocycles. The Labute approximate surface area is 293 Å². The van der Waals surface area contributed by atoms with Gasteiger partial charge in [-0.25, -0.2) is 9.00 Å². The fraction of sp³-hybridized carbons (Fsp3) is 0.432. The standard InChI is InChI=1S/C37H44Cl2N2O6S/c1-22(2)32(21-48(40,46)23(3)4)41-34(25-11-13-27(38)14-12-25)31(26-8-7-9-28(39)18-26)20-37(5,36(41)45)19-29(42)16-24-10-15-30(35(43)44)33(17-24)47-6/h7-15,17-18,22-23,31-32,34,40H,16,19-21H2,1-6H3,(H,43,44)/t31-,32-,34-,37+,48?/m1/s1. The lowest BCUT2D eigenvalue weighted by atomic mass is 9.66. The summed E-state index contributed by atoms with van der Waals surface area (Å²) in [7, 11) is -1.72. The molecule has 0 aromatic heterocycles. The van der Waals surface area contributed by atoms with Crippen molar-refractivity contribution in [1.82, 2.24) is 4.90 Å². The van der Waals surface area contributed by atoms with Crippen LogP contribution in [0.3, 0.4) is 0 Å². The number of ketones is 1. The molecule has 0 saturated carbocycles. The highest BCUT2D eigenvalue weighted by molar-refractivity contribution is 7.93. The van der Waals surface area contributed by atoms with Crippen LogP contribution >= 0.6 is 23.2 Å². The highest BCUT2D eigenvalue weighted by atomic mass is 35.5. The number of rotatable bonds is 13. The molecule has 1 unspecified atom stereocenters. The molecule has 1 fully saturated rings. The Hall–Kier alpha value is -3.40. The van der Waals surface area contributed by atoms with Gasteiger partial charge in [-0.3, -0.25) is 14.4 Å². The normalized spacial score (nSPS) is 21.6. The Morgan fingerprint density at radius 3 is 2.25 bits per heavy atom. The number of nitrogens with one attached hydrogen (secondary N) is 1. The smallest absolute Gasteiger partial charge is 0.339 e. The molecule has 11 heteroatoms. The number of aromatic carboxylic acids is 1. The van der Waals surface area contributed by atoms with Gasteiger partial charge in [0.25, 0.3) is 0 Å². The summed E-state index contributed by atoms with van der Waals surface area (Å²) in [6.07, 6.45) is 0.221. The summed E-state index contributed by atoms with van der Waals surface area (Å²) >= 11 is 12.8. The van der Waals surface area contributed by atoms with Crippen LogP contribution in [0.5, 0.6) is 5.75 Å². The van der Waals surface area contributed by atoms with E-state index in [2.05, 4.69) is 0 Å². The first-order valence-electron chi connectivity index (χ1n) is 16.0. The number of hydrogen-bond donors (Lipinski definition) is 2. The zero-order chi connectivity index (χ0) is 35.6. The number of piperidine rings is 1. The minimum Gasteiger partial charge on any atom is -0.496 e. The number of carbonyl (C=O) groups is 3. The molecule has 1 saturated heterocycles. The minimum atomic E-state index is -3.09. The summed E-state index contributed by atoms with van der Waals surface area (Å²) < 4.78 is 27.7. The second-order valence-corrected chi connectivity index (χ2v) is 17.2. The average Bonchev–Trinajstić information content (AvgIpc) is 3.01. The number of likely N-dealkylation sites (tertiary alicyclic amines) is 1. The first-order chi connectivity index (χ1) is 22.5. The number of carboxylic acid groups (broad SMARTS) is 1. The largest absolute Gasteiger partial charge is 0.496 e. The molecule has 1 heterocycles. The van der Waals surface area contributed by atoms with Crippen molar-refractivity contribution in [3.05, 3.63) is 99.0 Å². The second-order valence-electron chi connectivity index (χ2n) is 13.6. The molecule has 1 aliphatic heterocycles. The Balaban J connectivity index is 1.85. The van der Waals surface area contributed by atoms with Gasteiger partial charge in [0.15, 0.2) is 0 Å². The summed E-state index contributed by atoms with van der Waals surface area (Å²) in [5, 5.41) is 10.1. The number of carboxylic acids is 1. The molecular formula is C37H44Cl2N2O6S. The average molecular weight is 716 g/mol. The van der Waals surface area contributed by atoms with Crippen LogP contribution in [0.25, 0.3) is 0 Å². The van der Waals surface area contributed by atoms with Crippen LogP contribution < -0.4 is 4.74 Å². The third kappa shape index (κ3) is 8.24. The monoisotopic (exact) mass is 714 g/mol. The molecular weight excluding hydrogens is 671 g/mol. The Bertz CT molecular complexity index is 1780. The maximum atomic E-state index is 15.0. The number of hydrogen-bond acceptors (Lipinski definition) is 6. The molecule has 0 spiro atoms. The van der Waals surface area contributed by atoms with Gasteiger partial charge in [0.1, 0.15) is 17.1 Å². The fourth-order valence-electron chi connectivity index (χ4n) is 6.70. The second kappa shape index (κ2) is 15.0. The summed E-state index contributed by atoms with van der Waals surface area (Å²) in [6, 6.07) is 18.3. The van der Waals surface area contributed by atoms with E-state index in [0.29, 0.717) is 22.0 Å². The molecule has 48 heavy (non-hydrogen) atoms. The first-order valence-corrected chi connectivity index (χ1v) is 18.5. The first kappa shape index (κ1) is 37.4. The van der Waals surface area contributed by atoms with Gasteiger partial charge in [-0.1, -0.05) is 88.2 Å². The molecule has 1 amide bonds. The lowest BCUT2D eigenvalue weighted by Gasteiger charge is -2.53. The van der Waals surface area contributed by atoms with Crippen LogP contribution in [0.2, 0.25) is 10.0 Å². The van der Waals surface area contributed by atoms with Gasteiger partial charge < -0.3 is 14.7 Å². The Morgan fingerprint density at radius 2 is 1.69 bits per heavy atom. The lowest BCUT2D eigenvalue weighted by molar-refractivity contribution is -0.157. The summed E-state index contributed by atoms with van der Waals surface area (Å²) in [6.45, 7) is 9.26. The van der Waals surface area contributed by atoms with Crippen molar-refractivity contribution < 1.29 is 28.4 Å². The van der Waals surface area contributed by atoms with Crippen molar-refractivity contribution in [2.75, 3.05) is 12.9 Å². The Kier molecular flexibility index (Phi) is 11.7. The van der Waals surface area contributed by atoms with Gasteiger partial charge in [0, 0.05) is 49.8 Å². The number of benzene rings is 3. The summed E-state index contributed by atoms with van der Waals surface area (Å²) in [4.78, 5) is 42.3. The molecule has 2 N–H and O–H groups in total. The van der Waals surface area contributed by atoms with Crippen LogP contribution in [0.4, 0.5) is 0 Å². The number of carbonyl (C=O) groups excluding carboxylic acids is 2. The molecule has 8 nitrogen and oxygen atoms in total. The highest BCUT2D eigenvalue weighted by Crippen LogP contribution is 2.53. The van der Waals surface area contributed by atoms with E-state index in [1.165, 1.54) is 19.2 Å². The summed E-state index contributed by atoms with van der Waals surface area (Å²) in [5.41, 5.74) is 1.13. The number of ether oxygens (including phenoxy) is 1. The van der Waals surface area contributed by atoms with E-state index in [-0.39, 0.29) is 53.4 Å². The van der Waals surface area contributed by atoms with Gasteiger partial charge in [-0.15, -0.1) is 0 Å². The number of Topliss-reactive ketones (excluding diaryl/α,β-unsaturated/α-hetero) is 1. The van der Waals surface area contributed by atoms with Crippen molar-refractivity contribution in [2.24, 2.45) is 11.3 Å². The molecule has 3 aromatic carbocycles. The topological polar surface area (TPSA) is 125 Å². The van der Waals surface area contributed by atoms with E-state index in [4.69, 9.17) is 32.7 Å². The van der Waals surface area contributed by atoms with E-state index < -0.39 is 38.4 Å². The van der Waals surface area contributed by atoms with Crippen LogP contribution in [0.15, 0.2) is 66.7 Å². The van der Waals surface area contributed by atoms with Crippen LogP contribution in [0, 0.1) is 16.1 Å². The summed E-state index contributed by atoms with van der Waals surface area (Å²) in [5.74, 6) is -1.91. The molecule has 4 rings (SSSR count). The SMILES string of the molecule is COc1cc(CC(=O)C[C@@]2(C)C[C@H](c3cccc(Cl)c3)[C@@H](c3ccc(Cl)cc3)N([C@H](CS(=N)(=O)C(C)C)C(C)C)C2=O)ccc1C(=O)O. The van der Waals surface area contributed by atoms with Gasteiger partial charge in [-0.2, -0.15) is 0 Å². The van der Waals surface area contributed by atoms with Crippen molar-refractivity contribution >= 4 is 50.6 Å². The quantitative estimate of drug-likeness (QED) is 0.183. The van der Waals surface area contributed by atoms with Gasteiger partial charge in [0.2, 0.25) is 5.91 Å². The molecule has 258 valence electrons. The molecule has 5 atom stereocenters. The predicted molar refractivity (Wildman–Crippen MR) is 191 cm³/mol. The molecule has 3 aromatic rings. The zero-order valence-electron chi connectivity index (χ0n) is 28.2. The van der Waals surface area contributed by atoms with Crippen molar-refractivity contribution in [3.8, 4) is 5.75 Å². The fourth-order valence-corrected chi connectivity index (χ4v) is 8.46. The third-order valence-corrected chi connectivity index (χ3v) is 12.2. The number of halogens is 2. The molecule has 0 radical (unpaired) electrons. The lowest BCUT2D eigenvalue weighted by Crippen LogP contribution is -2.59. The Morgan fingerprint density at radius 1 is 1.02 bits per heavy atom. The third-order valence-electron chi connectivity index (χ3n) is 9.38. The van der Waals surface area contributed by atoms with E-state index in [0.717, 1.165) is 11.1 Å². The molecule has 1 aliphatic rings. The predicted octanol–water partition coefficient (Wildman–Crippen LogP) is 8.45. The van der Waals surface area contributed by atoms with Crippen LogP contribution in [-0.4, -0.2) is 56.0 Å². The van der Waals surface area contributed by atoms with E-state index in [9.17, 15) is 18.9 Å². The van der Waals surface area contributed by atoms with E-state index in [1.807, 2.05) is 51.1 Å².